The van der Waals surface area contributed by atoms with Crippen molar-refractivity contribution in [1.29, 1.82) is 0 Å². The number of carbonyl (C=O) groups excluding carboxylic acids is 6. The zero-order valence-corrected chi connectivity index (χ0v) is 37.9. The molecule has 17 heteroatoms. The molecule has 8 unspecified atom stereocenters. The third kappa shape index (κ3) is 8.99. The number of nitrogens with one attached hydrogen (secondary N) is 2. The van der Waals surface area contributed by atoms with Gasteiger partial charge in [-0.3, -0.25) is 24.0 Å². The van der Waals surface area contributed by atoms with Gasteiger partial charge >= 0.3 is 23.9 Å². The van der Waals surface area contributed by atoms with E-state index >= 15 is 4.79 Å². The molecule has 9 rings (SSSR count). The van der Waals surface area contributed by atoms with Gasteiger partial charge in [-0.25, -0.2) is 9.59 Å². The molecule has 7 aliphatic rings. The van der Waals surface area contributed by atoms with Gasteiger partial charge in [-0.2, -0.15) is 5.06 Å². The largest absolute Gasteiger partial charge is 0.462 e. The van der Waals surface area contributed by atoms with Crippen molar-refractivity contribution >= 4 is 41.8 Å². The second-order valence-electron chi connectivity index (χ2n) is 20.5. The fraction of sp³-hybridized carbons (Fsp3) is 0.592. The number of esters is 4. The Kier molecular flexibility index (Phi) is 12.2. The first kappa shape index (κ1) is 45.9. The predicted octanol–water partition coefficient (Wildman–Crippen LogP) is 3.82. The number of amides is 2. The summed E-state index contributed by atoms with van der Waals surface area (Å²) < 4.78 is 35.9. The molecule has 4 saturated heterocycles. The Morgan fingerprint density at radius 1 is 0.955 bits per heavy atom. The van der Waals surface area contributed by atoms with Crippen LogP contribution in [0.15, 0.2) is 54.6 Å². The van der Waals surface area contributed by atoms with Gasteiger partial charge in [-0.1, -0.05) is 50.2 Å². The van der Waals surface area contributed by atoms with Crippen molar-refractivity contribution in [3.63, 3.8) is 0 Å². The van der Waals surface area contributed by atoms with Gasteiger partial charge in [0.15, 0.2) is 11.8 Å². The smallest absolute Gasteiger partial charge is 0.348 e. The summed E-state index contributed by atoms with van der Waals surface area (Å²) in [5.41, 5.74) is -0.504. The summed E-state index contributed by atoms with van der Waals surface area (Å²) >= 11 is 0. The van der Waals surface area contributed by atoms with Crippen LogP contribution in [-0.2, 0) is 70.3 Å². The van der Waals surface area contributed by atoms with Crippen LogP contribution in [0.25, 0.3) is 6.08 Å². The third-order valence-corrected chi connectivity index (χ3v) is 13.7. The molecule has 3 saturated carbocycles. The lowest BCUT2D eigenvalue weighted by Crippen LogP contribution is -2.69. The second kappa shape index (κ2) is 17.5. The highest BCUT2D eigenvalue weighted by Crippen LogP contribution is 2.64. The van der Waals surface area contributed by atoms with Crippen molar-refractivity contribution in [3.8, 4) is 0 Å². The van der Waals surface area contributed by atoms with Gasteiger partial charge in [-0.05, 0) is 87.8 Å². The van der Waals surface area contributed by atoms with Crippen molar-refractivity contribution < 1.29 is 67.1 Å². The van der Waals surface area contributed by atoms with E-state index in [4.69, 9.17) is 33.3 Å². The number of carbonyl (C=O) groups is 6. The molecular formula is C49H59N3O14. The molecule has 0 spiro atoms. The van der Waals surface area contributed by atoms with Crippen LogP contribution >= 0.6 is 0 Å². The summed E-state index contributed by atoms with van der Waals surface area (Å²) in [7, 11) is 0. The van der Waals surface area contributed by atoms with Gasteiger partial charge in [0, 0.05) is 48.3 Å². The quantitative estimate of drug-likeness (QED) is 0.124. The molecule has 4 aliphatic heterocycles. The van der Waals surface area contributed by atoms with Gasteiger partial charge in [0.2, 0.25) is 12.0 Å². The number of hydroxylamine groups is 2. The minimum Gasteiger partial charge on any atom is -0.462 e. The number of rotatable bonds is 16. The summed E-state index contributed by atoms with van der Waals surface area (Å²) in [4.78, 5) is 86.7. The molecule has 2 aromatic carbocycles. The van der Waals surface area contributed by atoms with Crippen molar-refractivity contribution in [2.75, 3.05) is 13.2 Å². The molecule has 0 aromatic heterocycles. The zero-order valence-electron chi connectivity index (χ0n) is 37.9. The van der Waals surface area contributed by atoms with Gasteiger partial charge in [0.1, 0.15) is 42.0 Å². The van der Waals surface area contributed by atoms with E-state index in [-0.39, 0.29) is 63.0 Å². The normalized spacial score (nSPS) is 30.0. The van der Waals surface area contributed by atoms with Crippen LogP contribution in [0.3, 0.4) is 0 Å². The Labute approximate surface area is 383 Å². The minimum atomic E-state index is -1.44. The molecule has 66 heavy (non-hydrogen) atoms. The van der Waals surface area contributed by atoms with Crippen LogP contribution in [0, 0.1) is 22.7 Å². The molecule has 354 valence electrons. The molecule has 2 aromatic rings. The van der Waals surface area contributed by atoms with Gasteiger partial charge in [0.05, 0.1) is 19.2 Å². The number of cyclic esters (lactones) is 1. The average Bonchev–Trinajstić information content (AvgIpc) is 4.22. The summed E-state index contributed by atoms with van der Waals surface area (Å²) in [6, 6.07) is 12.1. The highest BCUT2D eigenvalue weighted by Gasteiger charge is 2.78. The fourth-order valence-corrected chi connectivity index (χ4v) is 10.2. The lowest BCUT2D eigenvalue weighted by atomic mass is 9.62. The van der Waals surface area contributed by atoms with E-state index in [1.807, 2.05) is 12.1 Å². The number of benzene rings is 2. The Hall–Kier alpha value is -5.20. The molecule has 2 amide bonds. The fourth-order valence-electron chi connectivity index (χ4n) is 10.2. The first-order valence-electron chi connectivity index (χ1n) is 23.0. The van der Waals surface area contributed by atoms with Gasteiger partial charge in [0.25, 0.3) is 5.91 Å². The highest BCUT2D eigenvalue weighted by atomic mass is 16.8. The monoisotopic (exact) mass is 913 g/mol. The Morgan fingerprint density at radius 2 is 1.67 bits per heavy atom. The summed E-state index contributed by atoms with van der Waals surface area (Å²) in [5.74, 6) is -3.64. The number of nitrogens with zero attached hydrogens (tertiary/aromatic N) is 1. The molecule has 17 nitrogen and oxygen atoms in total. The maximum Gasteiger partial charge on any atom is 0.348 e. The van der Waals surface area contributed by atoms with E-state index in [1.165, 1.54) is 11.1 Å². The van der Waals surface area contributed by atoms with Crippen molar-refractivity contribution in [2.24, 2.45) is 22.7 Å². The number of aliphatic hydroxyl groups is 1. The third-order valence-electron chi connectivity index (χ3n) is 13.7. The summed E-state index contributed by atoms with van der Waals surface area (Å²) in [6.45, 7) is 8.73. The molecule has 4 heterocycles. The Bertz CT molecular complexity index is 2290. The van der Waals surface area contributed by atoms with Gasteiger partial charge in [-0.15, -0.1) is 0 Å². The molecular weight excluding hydrogens is 855 g/mol. The number of fused-ring (bicyclic) bond motifs is 4. The SMILES string of the molecule is CC(C)(C)OC(=O)CCC(CO)NC(=O)c1cccc(CNC(=O)C23CC4OC(=O)C2N(Cc2cccc(C=CC(=O)OC5C(=O)OCC5(C)C)c2)OC3C2OC(C3CC3)(C3CC3)OC42)c1. The van der Waals surface area contributed by atoms with E-state index in [2.05, 4.69) is 10.6 Å². The van der Waals surface area contributed by atoms with Crippen LogP contribution in [0.5, 0.6) is 0 Å². The standard InChI is InChI=1S/C49H59N3O14/c1-46(2,3)63-36(55)19-17-33(25-53)51-42(56)30-11-7-9-28(21-30)23-50-45(59)48-22-34-37-38(65-49(64-37,31-13-14-31)32-15-16-32)40(48)66-52(39(48)43(57)61-34)24-29-10-6-8-27(20-29)12-18-35(54)62-41-44(58)60-26-47(41,4)5/h6-12,18,20-21,31-34,37-41,53H,13-17,19,22-26H2,1-5H3,(H,50,59)(H,51,56). The van der Waals surface area contributed by atoms with E-state index in [1.54, 1.807) is 77.1 Å². The second-order valence-corrected chi connectivity index (χ2v) is 20.5. The van der Waals surface area contributed by atoms with Crippen LogP contribution in [0.2, 0.25) is 0 Å². The Balaban J connectivity index is 0.927. The lowest BCUT2D eigenvalue weighted by Gasteiger charge is -2.48. The molecule has 8 atom stereocenters. The maximum absolute atomic E-state index is 15.0. The number of hydrogen-bond donors (Lipinski definition) is 3. The van der Waals surface area contributed by atoms with E-state index in [0.29, 0.717) is 16.7 Å². The first-order valence-corrected chi connectivity index (χ1v) is 23.0. The lowest BCUT2D eigenvalue weighted by molar-refractivity contribution is -0.235. The van der Waals surface area contributed by atoms with Gasteiger partial charge < -0.3 is 44.2 Å². The number of hydrogen-bond acceptors (Lipinski definition) is 15. The minimum absolute atomic E-state index is 0.0114. The van der Waals surface area contributed by atoms with Crippen molar-refractivity contribution in [3.05, 3.63) is 76.9 Å². The number of ether oxygens (including phenoxy) is 6. The van der Waals surface area contributed by atoms with E-state index < -0.39 is 101 Å². The Morgan fingerprint density at radius 3 is 2.35 bits per heavy atom. The van der Waals surface area contributed by atoms with Crippen LogP contribution in [0.1, 0.15) is 107 Å². The molecule has 3 aliphatic carbocycles. The summed E-state index contributed by atoms with van der Waals surface area (Å²) in [5, 5.41) is 17.4. The highest BCUT2D eigenvalue weighted by molar-refractivity contribution is 5.95. The van der Waals surface area contributed by atoms with E-state index in [9.17, 15) is 29.1 Å². The van der Waals surface area contributed by atoms with Crippen LogP contribution in [-0.4, -0.2) is 113 Å². The molecule has 3 N–H and O–H groups in total. The van der Waals surface area contributed by atoms with Crippen molar-refractivity contribution in [1.82, 2.24) is 15.7 Å². The molecule has 7 fully saturated rings. The number of aliphatic hydroxyl groups excluding tert-OH is 1. The zero-order chi connectivity index (χ0) is 46.8. The van der Waals surface area contributed by atoms with Crippen LogP contribution in [0.4, 0.5) is 0 Å². The van der Waals surface area contributed by atoms with Crippen molar-refractivity contribution in [2.45, 2.75) is 147 Å². The van der Waals surface area contributed by atoms with E-state index in [0.717, 1.165) is 25.7 Å². The molecule has 2 bridgehead atoms. The van der Waals surface area contributed by atoms with Crippen LogP contribution < -0.4 is 10.6 Å². The average molecular weight is 914 g/mol. The molecule has 0 radical (unpaired) electrons. The maximum atomic E-state index is 15.0. The summed E-state index contributed by atoms with van der Waals surface area (Å²) in [6.07, 6.45) is 2.96. The topological polar surface area (TPSA) is 215 Å². The predicted molar refractivity (Wildman–Crippen MR) is 231 cm³/mol. The first-order chi connectivity index (χ1) is 31.4.